The molecule has 4 rings (SSSR count). The molecule has 0 radical (unpaired) electrons. The van der Waals surface area contributed by atoms with Crippen LogP contribution < -0.4 is 0 Å². The van der Waals surface area contributed by atoms with Gasteiger partial charge in [-0.05, 0) is 46.8 Å². The van der Waals surface area contributed by atoms with Gasteiger partial charge >= 0.3 is 0 Å². The Bertz CT molecular complexity index is 967. The second kappa shape index (κ2) is 9.05. The standard InChI is InChI=1S/C27H25N/c1-4-11-23(12-5-1)19-26-17-10-18-28(21-25-15-8-3-9-16-25)22-27(26)20-24-13-6-2-7-14-24/h1-18,22H,19-21H2. The van der Waals surface area contributed by atoms with Crippen LogP contribution in [0.25, 0.3) is 0 Å². The molecule has 1 nitrogen and oxygen atoms in total. The van der Waals surface area contributed by atoms with Crippen LogP contribution in [0.1, 0.15) is 16.7 Å². The van der Waals surface area contributed by atoms with E-state index in [9.17, 15) is 0 Å². The van der Waals surface area contributed by atoms with E-state index in [0.29, 0.717) is 0 Å². The summed E-state index contributed by atoms with van der Waals surface area (Å²) in [5, 5.41) is 0. The molecule has 3 aromatic carbocycles. The van der Waals surface area contributed by atoms with Crippen molar-refractivity contribution in [2.24, 2.45) is 0 Å². The molecule has 0 saturated carbocycles. The van der Waals surface area contributed by atoms with Gasteiger partial charge in [0.15, 0.2) is 0 Å². The Morgan fingerprint density at radius 2 is 1.04 bits per heavy atom. The molecule has 0 amide bonds. The maximum Gasteiger partial charge on any atom is 0.0470 e. The van der Waals surface area contributed by atoms with Crippen molar-refractivity contribution in [3.63, 3.8) is 0 Å². The van der Waals surface area contributed by atoms with E-state index in [1.807, 2.05) is 0 Å². The number of rotatable bonds is 6. The summed E-state index contributed by atoms with van der Waals surface area (Å²) in [4.78, 5) is 2.29. The topological polar surface area (TPSA) is 3.24 Å². The van der Waals surface area contributed by atoms with Gasteiger partial charge in [0.2, 0.25) is 0 Å². The highest BCUT2D eigenvalue weighted by Gasteiger charge is 2.12. The van der Waals surface area contributed by atoms with Crippen molar-refractivity contribution >= 4 is 0 Å². The minimum absolute atomic E-state index is 0.877. The first kappa shape index (κ1) is 18.1. The minimum Gasteiger partial charge on any atom is -0.350 e. The molecule has 0 N–H and O–H groups in total. The Morgan fingerprint density at radius 1 is 0.536 bits per heavy atom. The predicted molar refractivity (Wildman–Crippen MR) is 118 cm³/mol. The van der Waals surface area contributed by atoms with E-state index in [1.54, 1.807) is 0 Å². The minimum atomic E-state index is 0.877. The van der Waals surface area contributed by atoms with Crippen LogP contribution in [0, 0.1) is 0 Å². The first-order valence-electron chi connectivity index (χ1n) is 9.83. The molecular formula is C27H25N. The third-order valence-corrected chi connectivity index (χ3v) is 4.99. The summed E-state index contributed by atoms with van der Waals surface area (Å²) in [7, 11) is 0. The number of nitrogens with zero attached hydrogens (tertiary/aromatic N) is 1. The Morgan fingerprint density at radius 3 is 1.61 bits per heavy atom. The molecule has 0 unspecified atom stereocenters. The van der Waals surface area contributed by atoms with Gasteiger partial charge in [0.05, 0.1) is 0 Å². The summed E-state index contributed by atoms with van der Waals surface area (Å²) in [5.74, 6) is 0. The third-order valence-electron chi connectivity index (χ3n) is 4.99. The average Bonchev–Trinajstić information content (AvgIpc) is 2.92. The van der Waals surface area contributed by atoms with Crippen molar-refractivity contribution in [2.75, 3.05) is 0 Å². The molecule has 138 valence electrons. The third kappa shape index (κ3) is 4.89. The van der Waals surface area contributed by atoms with Crippen molar-refractivity contribution in [3.8, 4) is 0 Å². The van der Waals surface area contributed by atoms with Crippen molar-refractivity contribution in [1.82, 2.24) is 4.90 Å². The van der Waals surface area contributed by atoms with E-state index < -0.39 is 0 Å². The van der Waals surface area contributed by atoms with Gasteiger partial charge in [-0.15, -0.1) is 0 Å². The monoisotopic (exact) mass is 363 g/mol. The zero-order valence-corrected chi connectivity index (χ0v) is 16.0. The molecule has 3 aromatic rings. The van der Waals surface area contributed by atoms with Crippen LogP contribution in [0.15, 0.2) is 127 Å². The maximum atomic E-state index is 2.32. The zero-order chi connectivity index (χ0) is 19.0. The van der Waals surface area contributed by atoms with Crippen LogP contribution in [0.3, 0.4) is 0 Å². The Labute approximate surface area is 168 Å². The van der Waals surface area contributed by atoms with Gasteiger partial charge < -0.3 is 4.90 Å². The van der Waals surface area contributed by atoms with Crippen LogP contribution in [0.5, 0.6) is 0 Å². The lowest BCUT2D eigenvalue weighted by Crippen LogP contribution is -2.11. The molecule has 1 aliphatic heterocycles. The highest BCUT2D eigenvalue weighted by molar-refractivity contribution is 5.42. The molecular weight excluding hydrogens is 338 g/mol. The highest BCUT2D eigenvalue weighted by Crippen LogP contribution is 2.24. The quantitative estimate of drug-likeness (QED) is 0.496. The Hall–Kier alpha value is -3.32. The molecule has 0 fully saturated rings. The van der Waals surface area contributed by atoms with E-state index in [4.69, 9.17) is 0 Å². The van der Waals surface area contributed by atoms with Gasteiger partial charge in [-0.25, -0.2) is 0 Å². The van der Waals surface area contributed by atoms with Gasteiger partial charge in [0.1, 0.15) is 0 Å². The Kier molecular flexibility index (Phi) is 5.84. The van der Waals surface area contributed by atoms with Crippen molar-refractivity contribution in [3.05, 3.63) is 143 Å². The van der Waals surface area contributed by atoms with E-state index in [0.717, 1.165) is 19.4 Å². The number of hydrogen-bond donors (Lipinski definition) is 0. The van der Waals surface area contributed by atoms with Crippen LogP contribution in [0.4, 0.5) is 0 Å². The lowest BCUT2D eigenvalue weighted by atomic mass is 9.93. The fourth-order valence-corrected chi connectivity index (χ4v) is 3.56. The summed E-state index contributed by atoms with van der Waals surface area (Å²) < 4.78 is 0. The number of allylic oxidation sites excluding steroid dienone is 4. The summed E-state index contributed by atoms with van der Waals surface area (Å²) in [6, 6.07) is 32.1. The lowest BCUT2D eigenvalue weighted by Gasteiger charge is -2.18. The maximum absolute atomic E-state index is 2.32. The molecule has 0 spiro atoms. The average molecular weight is 364 g/mol. The van der Waals surface area contributed by atoms with Crippen molar-refractivity contribution < 1.29 is 0 Å². The van der Waals surface area contributed by atoms with Gasteiger partial charge in [0, 0.05) is 18.9 Å². The zero-order valence-electron chi connectivity index (χ0n) is 16.0. The first-order chi connectivity index (χ1) is 13.9. The van der Waals surface area contributed by atoms with E-state index in [2.05, 4.69) is 120 Å². The molecule has 1 heteroatoms. The predicted octanol–water partition coefficient (Wildman–Crippen LogP) is 6.31. The van der Waals surface area contributed by atoms with E-state index >= 15 is 0 Å². The van der Waals surface area contributed by atoms with E-state index in [1.165, 1.54) is 27.8 Å². The summed E-state index contributed by atoms with van der Waals surface area (Å²) in [5.41, 5.74) is 6.75. The fourth-order valence-electron chi connectivity index (χ4n) is 3.56. The molecule has 0 bridgehead atoms. The fraction of sp³-hybridized carbons (Fsp3) is 0.111. The largest absolute Gasteiger partial charge is 0.350 e. The van der Waals surface area contributed by atoms with Crippen molar-refractivity contribution in [2.45, 2.75) is 19.4 Å². The number of hydrogen-bond acceptors (Lipinski definition) is 1. The Balaban J connectivity index is 1.61. The first-order valence-corrected chi connectivity index (χ1v) is 9.83. The van der Waals surface area contributed by atoms with Crippen LogP contribution >= 0.6 is 0 Å². The lowest BCUT2D eigenvalue weighted by molar-refractivity contribution is 0.498. The molecule has 0 atom stereocenters. The SMILES string of the molecule is C1=CN(Cc2ccccc2)C=C(Cc2ccccc2)C(Cc2ccccc2)=C1. The molecule has 1 aliphatic rings. The highest BCUT2D eigenvalue weighted by atomic mass is 15.1. The van der Waals surface area contributed by atoms with Crippen LogP contribution in [-0.2, 0) is 19.4 Å². The summed E-state index contributed by atoms with van der Waals surface area (Å²) >= 11 is 0. The van der Waals surface area contributed by atoms with Gasteiger partial charge in [0.25, 0.3) is 0 Å². The summed E-state index contributed by atoms with van der Waals surface area (Å²) in [6.07, 6.45) is 10.8. The molecule has 28 heavy (non-hydrogen) atoms. The molecule has 0 saturated heterocycles. The van der Waals surface area contributed by atoms with E-state index in [-0.39, 0.29) is 0 Å². The van der Waals surface area contributed by atoms with Gasteiger partial charge in [-0.1, -0.05) is 97.1 Å². The molecule has 0 aromatic heterocycles. The molecule has 0 aliphatic carbocycles. The summed E-state index contributed by atoms with van der Waals surface area (Å²) in [6.45, 7) is 0.877. The smallest absolute Gasteiger partial charge is 0.0470 e. The van der Waals surface area contributed by atoms with Gasteiger partial charge in [-0.3, -0.25) is 0 Å². The molecule has 1 heterocycles. The van der Waals surface area contributed by atoms with Gasteiger partial charge in [-0.2, -0.15) is 0 Å². The second-order valence-electron chi connectivity index (χ2n) is 7.17. The second-order valence-corrected chi connectivity index (χ2v) is 7.17. The normalized spacial score (nSPS) is 13.6. The number of benzene rings is 3. The van der Waals surface area contributed by atoms with Crippen LogP contribution in [-0.4, -0.2) is 4.90 Å². The van der Waals surface area contributed by atoms with Crippen molar-refractivity contribution in [1.29, 1.82) is 0 Å². The van der Waals surface area contributed by atoms with Crippen LogP contribution in [0.2, 0.25) is 0 Å².